The predicted molar refractivity (Wildman–Crippen MR) is 169 cm³/mol. The number of likely N-dealkylation sites (tertiary alicyclic amines) is 1. The number of methoxy groups -OCH3 is 1. The number of alkyl halides is 1. The van der Waals surface area contributed by atoms with Crippen LogP contribution in [-0.4, -0.2) is 72.0 Å². The Labute approximate surface area is 253 Å². The second kappa shape index (κ2) is 15.3. The summed E-state index contributed by atoms with van der Waals surface area (Å²) in [5.41, 5.74) is 1.85. The Hall–Kier alpha value is -3.30. The lowest BCUT2D eigenvalue weighted by Crippen LogP contribution is -2.45. The van der Waals surface area contributed by atoms with Crippen LogP contribution in [0.5, 0.6) is 11.5 Å². The summed E-state index contributed by atoms with van der Waals surface area (Å²) < 4.78 is 11.9. The third-order valence-electron chi connectivity index (χ3n) is 8.26. The second-order valence-corrected chi connectivity index (χ2v) is 11.5. The normalized spacial score (nSPS) is 16.7. The quantitative estimate of drug-likeness (QED) is 0.174. The minimum absolute atomic E-state index is 0.0338. The van der Waals surface area contributed by atoms with Gasteiger partial charge in [-0.2, -0.15) is 4.98 Å². The molecule has 1 amide bonds. The van der Waals surface area contributed by atoms with Crippen molar-refractivity contribution in [2.45, 2.75) is 70.1 Å². The number of halogens is 1. The lowest BCUT2D eigenvalue weighted by Gasteiger charge is -2.39. The van der Waals surface area contributed by atoms with E-state index >= 15 is 0 Å². The summed E-state index contributed by atoms with van der Waals surface area (Å²) in [6.07, 6.45) is 9.69. The van der Waals surface area contributed by atoms with Crippen molar-refractivity contribution < 1.29 is 14.3 Å². The van der Waals surface area contributed by atoms with Gasteiger partial charge in [-0.05, 0) is 43.7 Å². The molecule has 2 aliphatic rings. The standard InChI is InChI=1S/C32H43ClN6O3/c1-41-28-19-26-27(20-29(28)42-22-23-9-4-2-5-10-23)37-32(35-16-8-15-34-30(40)21-33)38-31(26)36-24-13-17-39(18-14-24)25-11-6-3-7-12-25/h2,4-5,9-10,19-20,24-25H,3,6-8,11-18,21-22H2,1H3,(H,34,40)(H2,35,36,37,38). The van der Waals surface area contributed by atoms with Crippen LogP contribution >= 0.6 is 11.6 Å². The largest absolute Gasteiger partial charge is 0.493 e. The molecular formula is C32H43ClN6O3. The molecule has 0 bridgehead atoms. The molecule has 42 heavy (non-hydrogen) atoms. The highest BCUT2D eigenvalue weighted by Gasteiger charge is 2.27. The molecule has 3 N–H and O–H groups in total. The summed E-state index contributed by atoms with van der Waals surface area (Å²) in [7, 11) is 1.66. The molecule has 3 aromatic rings. The fraction of sp³-hybridized carbons (Fsp3) is 0.531. The van der Waals surface area contributed by atoms with Crippen LogP contribution in [0.1, 0.15) is 56.9 Å². The van der Waals surface area contributed by atoms with Crippen molar-refractivity contribution >= 4 is 40.2 Å². The molecule has 10 heteroatoms. The van der Waals surface area contributed by atoms with Crippen LogP contribution in [0.15, 0.2) is 42.5 Å². The van der Waals surface area contributed by atoms with Crippen LogP contribution in [0.25, 0.3) is 10.9 Å². The van der Waals surface area contributed by atoms with Crippen LogP contribution in [0.4, 0.5) is 11.8 Å². The summed E-state index contributed by atoms with van der Waals surface area (Å²) in [6, 6.07) is 15.1. The fourth-order valence-corrected chi connectivity index (χ4v) is 6.04. The van der Waals surface area contributed by atoms with Crippen molar-refractivity contribution in [3.05, 3.63) is 48.0 Å². The van der Waals surface area contributed by atoms with E-state index in [0.29, 0.717) is 43.2 Å². The maximum Gasteiger partial charge on any atom is 0.234 e. The van der Waals surface area contributed by atoms with Gasteiger partial charge >= 0.3 is 0 Å². The average molecular weight is 595 g/mol. The number of nitrogens with zero attached hydrogens (tertiary/aromatic N) is 3. The molecule has 5 rings (SSSR count). The molecule has 1 aliphatic heterocycles. The molecule has 226 valence electrons. The van der Waals surface area contributed by atoms with Crippen molar-refractivity contribution in [1.29, 1.82) is 0 Å². The number of rotatable bonds is 13. The first-order valence-corrected chi connectivity index (χ1v) is 15.8. The Morgan fingerprint density at radius 3 is 2.52 bits per heavy atom. The van der Waals surface area contributed by atoms with Gasteiger partial charge in [0, 0.05) is 49.7 Å². The minimum Gasteiger partial charge on any atom is -0.493 e. The molecule has 9 nitrogen and oxygen atoms in total. The molecule has 1 aromatic heterocycles. The zero-order chi connectivity index (χ0) is 29.1. The average Bonchev–Trinajstić information content (AvgIpc) is 3.04. The minimum atomic E-state index is -0.170. The Morgan fingerprint density at radius 1 is 1.00 bits per heavy atom. The van der Waals surface area contributed by atoms with Crippen LogP contribution in [0.3, 0.4) is 0 Å². The number of hydrogen-bond donors (Lipinski definition) is 3. The third kappa shape index (κ3) is 8.16. The summed E-state index contributed by atoms with van der Waals surface area (Å²) in [5, 5.41) is 10.8. The number of amides is 1. The molecule has 2 aromatic carbocycles. The molecule has 0 atom stereocenters. The van der Waals surface area contributed by atoms with Gasteiger partial charge in [-0.25, -0.2) is 4.98 Å². The zero-order valence-corrected chi connectivity index (χ0v) is 25.3. The van der Waals surface area contributed by atoms with E-state index in [-0.39, 0.29) is 11.8 Å². The number of aromatic nitrogens is 2. The molecule has 0 spiro atoms. The molecule has 0 radical (unpaired) electrons. The zero-order valence-electron chi connectivity index (χ0n) is 24.5. The van der Waals surface area contributed by atoms with Gasteiger partial charge in [0.15, 0.2) is 11.5 Å². The van der Waals surface area contributed by atoms with Crippen LogP contribution in [-0.2, 0) is 11.4 Å². The maximum atomic E-state index is 11.4. The SMILES string of the molecule is COc1cc2c(NC3CCN(C4CCCCC4)CC3)nc(NCCCNC(=O)CCl)nc2cc1OCc1ccccc1. The van der Waals surface area contributed by atoms with E-state index in [1.54, 1.807) is 7.11 Å². The van der Waals surface area contributed by atoms with Gasteiger partial charge < -0.3 is 30.3 Å². The number of carbonyl (C=O) groups excluding carboxylic acids is 1. The third-order valence-corrected chi connectivity index (χ3v) is 8.50. The lowest BCUT2D eigenvalue weighted by atomic mass is 9.92. The van der Waals surface area contributed by atoms with E-state index in [2.05, 4.69) is 20.9 Å². The highest BCUT2D eigenvalue weighted by atomic mass is 35.5. The van der Waals surface area contributed by atoms with Gasteiger partial charge in [-0.3, -0.25) is 4.79 Å². The van der Waals surface area contributed by atoms with Gasteiger partial charge in [0.05, 0.1) is 12.6 Å². The topological polar surface area (TPSA) is 101 Å². The summed E-state index contributed by atoms with van der Waals surface area (Å²) in [5.74, 6) is 2.40. The predicted octanol–water partition coefficient (Wildman–Crippen LogP) is 5.58. The highest BCUT2D eigenvalue weighted by Crippen LogP contribution is 2.36. The summed E-state index contributed by atoms with van der Waals surface area (Å²) in [4.78, 5) is 23.9. The van der Waals surface area contributed by atoms with Crippen molar-refractivity contribution in [3.63, 3.8) is 0 Å². The molecule has 2 heterocycles. The first kappa shape index (κ1) is 30.2. The first-order valence-electron chi connectivity index (χ1n) is 15.3. The smallest absolute Gasteiger partial charge is 0.234 e. The van der Waals surface area contributed by atoms with Gasteiger partial charge in [0.25, 0.3) is 0 Å². The van der Waals surface area contributed by atoms with E-state index in [9.17, 15) is 4.79 Å². The monoisotopic (exact) mass is 594 g/mol. The lowest BCUT2D eigenvalue weighted by molar-refractivity contribution is -0.118. The summed E-state index contributed by atoms with van der Waals surface area (Å²) >= 11 is 5.58. The number of fused-ring (bicyclic) bond motifs is 1. The number of ether oxygens (including phenoxy) is 2. The Bertz CT molecular complexity index is 1300. The Morgan fingerprint density at radius 2 is 1.79 bits per heavy atom. The fourth-order valence-electron chi connectivity index (χ4n) is 5.95. The number of piperidine rings is 1. The number of hydrogen-bond acceptors (Lipinski definition) is 8. The van der Waals surface area contributed by atoms with Crippen LogP contribution in [0.2, 0.25) is 0 Å². The maximum absolute atomic E-state index is 11.4. The van der Waals surface area contributed by atoms with E-state index in [1.807, 2.05) is 42.5 Å². The number of carbonyl (C=O) groups is 1. The van der Waals surface area contributed by atoms with Crippen molar-refractivity contribution in [1.82, 2.24) is 20.2 Å². The number of nitrogens with one attached hydrogen (secondary N) is 3. The molecule has 1 saturated carbocycles. The van der Waals surface area contributed by atoms with E-state index in [1.165, 1.54) is 32.1 Å². The summed E-state index contributed by atoms with van der Waals surface area (Å²) in [6.45, 7) is 3.81. The Balaban J connectivity index is 1.33. The van der Waals surface area contributed by atoms with Gasteiger partial charge in [0.1, 0.15) is 18.3 Å². The Kier molecular flexibility index (Phi) is 11.0. The number of benzene rings is 2. The van der Waals surface area contributed by atoms with Crippen LogP contribution in [0, 0.1) is 0 Å². The van der Waals surface area contributed by atoms with Crippen molar-refractivity contribution in [2.75, 3.05) is 49.8 Å². The number of anilines is 2. The van der Waals surface area contributed by atoms with Crippen molar-refractivity contribution in [3.8, 4) is 11.5 Å². The molecule has 1 saturated heterocycles. The molecular weight excluding hydrogens is 552 g/mol. The van der Waals surface area contributed by atoms with Crippen molar-refractivity contribution in [2.24, 2.45) is 0 Å². The van der Waals surface area contributed by atoms with Crippen LogP contribution < -0.4 is 25.4 Å². The molecule has 0 unspecified atom stereocenters. The van der Waals surface area contributed by atoms with E-state index in [4.69, 9.17) is 31.0 Å². The molecule has 1 aliphatic carbocycles. The van der Waals surface area contributed by atoms with Gasteiger partial charge in [-0.1, -0.05) is 49.6 Å². The molecule has 2 fully saturated rings. The second-order valence-electron chi connectivity index (χ2n) is 11.2. The van der Waals surface area contributed by atoms with E-state index in [0.717, 1.165) is 60.7 Å². The van der Waals surface area contributed by atoms with Gasteiger partial charge in [-0.15, -0.1) is 11.6 Å². The first-order chi connectivity index (χ1) is 20.6. The van der Waals surface area contributed by atoms with Gasteiger partial charge in [0.2, 0.25) is 11.9 Å². The van der Waals surface area contributed by atoms with E-state index < -0.39 is 0 Å². The highest BCUT2D eigenvalue weighted by molar-refractivity contribution is 6.27.